The molecular weight excluding hydrogens is 198 g/mol. The molecule has 1 fully saturated rings. The first-order chi connectivity index (χ1) is 7.13. The molecule has 1 aliphatic rings. The van der Waals surface area contributed by atoms with Crippen molar-refractivity contribution in [1.82, 2.24) is 15.5 Å². The summed E-state index contributed by atoms with van der Waals surface area (Å²) in [6, 6.07) is 0.387. The lowest BCUT2D eigenvalue weighted by Crippen LogP contribution is -2.57. The molecule has 6 heteroatoms. The molecular formula is C9H17N3O3. The van der Waals surface area contributed by atoms with E-state index >= 15 is 0 Å². The molecule has 86 valence electrons. The van der Waals surface area contributed by atoms with Crippen molar-refractivity contribution in [3.05, 3.63) is 0 Å². The molecule has 0 aliphatic carbocycles. The van der Waals surface area contributed by atoms with Crippen LogP contribution >= 0.6 is 0 Å². The van der Waals surface area contributed by atoms with Gasteiger partial charge in [0.15, 0.2) is 0 Å². The van der Waals surface area contributed by atoms with Gasteiger partial charge in [0.25, 0.3) is 0 Å². The zero-order valence-corrected chi connectivity index (χ0v) is 9.08. The Balaban J connectivity index is 2.19. The average Bonchev–Trinajstić information content (AvgIpc) is 1.99. The highest BCUT2D eigenvalue weighted by Crippen LogP contribution is 2.00. The highest BCUT2D eigenvalue weighted by atomic mass is 16.5. The SMILES string of the molecule is CCOC(=O)NC(=O)CN(C)C1CNC1. The number of ether oxygens (including phenoxy) is 1. The van der Waals surface area contributed by atoms with Crippen LogP contribution in [0.4, 0.5) is 4.79 Å². The number of imide groups is 1. The van der Waals surface area contributed by atoms with E-state index < -0.39 is 6.09 Å². The van der Waals surface area contributed by atoms with E-state index in [0.29, 0.717) is 6.04 Å². The summed E-state index contributed by atoms with van der Waals surface area (Å²) in [5.41, 5.74) is 0. The third kappa shape index (κ3) is 3.85. The van der Waals surface area contributed by atoms with E-state index in [0.717, 1.165) is 13.1 Å². The Morgan fingerprint density at radius 2 is 2.20 bits per heavy atom. The highest BCUT2D eigenvalue weighted by molar-refractivity contribution is 5.92. The Bertz CT molecular complexity index is 241. The van der Waals surface area contributed by atoms with Crippen LogP contribution in [-0.2, 0) is 9.53 Å². The fourth-order valence-corrected chi connectivity index (χ4v) is 1.26. The van der Waals surface area contributed by atoms with Crippen molar-refractivity contribution in [2.45, 2.75) is 13.0 Å². The van der Waals surface area contributed by atoms with Crippen molar-refractivity contribution >= 4 is 12.0 Å². The first-order valence-electron chi connectivity index (χ1n) is 5.01. The minimum Gasteiger partial charge on any atom is -0.450 e. The summed E-state index contributed by atoms with van der Waals surface area (Å²) < 4.78 is 4.59. The van der Waals surface area contributed by atoms with Gasteiger partial charge in [-0.1, -0.05) is 0 Å². The van der Waals surface area contributed by atoms with E-state index in [1.165, 1.54) is 0 Å². The topological polar surface area (TPSA) is 70.7 Å². The number of carbonyl (C=O) groups excluding carboxylic acids is 2. The lowest BCUT2D eigenvalue weighted by atomic mass is 10.1. The van der Waals surface area contributed by atoms with Crippen molar-refractivity contribution in [3.8, 4) is 0 Å². The van der Waals surface area contributed by atoms with Gasteiger partial charge in [-0.05, 0) is 14.0 Å². The van der Waals surface area contributed by atoms with Gasteiger partial charge in [-0.3, -0.25) is 15.0 Å². The van der Waals surface area contributed by atoms with Gasteiger partial charge in [0, 0.05) is 19.1 Å². The lowest BCUT2D eigenvalue weighted by molar-refractivity contribution is -0.122. The summed E-state index contributed by atoms with van der Waals surface area (Å²) in [6.45, 7) is 3.95. The molecule has 1 heterocycles. The van der Waals surface area contributed by atoms with Crippen molar-refractivity contribution in [1.29, 1.82) is 0 Å². The van der Waals surface area contributed by atoms with Crippen molar-refractivity contribution in [2.24, 2.45) is 0 Å². The Hall–Kier alpha value is -1.14. The van der Waals surface area contributed by atoms with Crippen molar-refractivity contribution in [3.63, 3.8) is 0 Å². The van der Waals surface area contributed by atoms with Gasteiger partial charge in [0.05, 0.1) is 13.2 Å². The first kappa shape index (κ1) is 11.9. The third-order valence-electron chi connectivity index (χ3n) is 2.29. The van der Waals surface area contributed by atoms with E-state index in [1.807, 2.05) is 11.9 Å². The third-order valence-corrected chi connectivity index (χ3v) is 2.29. The number of likely N-dealkylation sites (N-methyl/N-ethyl adjacent to an activating group) is 1. The van der Waals surface area contributed by atoms with E-state index in [1.54, 1.807) is 6.92 Å². The van der Waals surface area contributed by atoms with Gasteiger partial charge in [0.2, 0.25) is 5.91 Å². The van der Waals surface area contributed by atoms with Crippen molar-refractivity contribution < 1.29 is 14.3 Å². The molecule has 1 saturated heterocycles. The van der Waals surface area contributed by atoms with Crippen LogP contribution in [0, 0.1) is 0 Å². The van der Waals surface area contributed by atoms with Gasteiger partial charge in [-0.15, -0.1) is 0 Å². The maximum atomic E-state index is 11.3. The normalized spacial score (nSPS) is 15.9. The molecule has 0 atom stereocenters. The van der Waals surface area contributed by atoms with Crippen molar-refractivity contribution in [2.75, 3.05) is 33.3 Å². The molecule has 1 aliphatic heterocycles. The molecule has 0 radical (unpaired) electrons. The van der Waals surface area contributed by atoms with Gasteiger partial charge >= 0.3 is 6.09 Å². The number of nitrogens with zero attached hydrogens (tertiary/aromatic N) is 1. The highest BCUT2D eigenvalue weighted by Gasteiger charge is 2.23. The van der Waals surface area contributed by atoms with E-state index in [9.17, 15) is 9.59 Å². The van der Waals surface area contributed by atoms with Crippen LogP contribution in [0.25, 0.3) is 0 Å². The van der Waals surface area contributed by atoms with Gasteiger partial charge in [0.1, 0.15) is 0 Å². The van der Waals surface area contributed by atoms with E-state index in [-0.39, 0.29) is 19.1 Å². The summed E-state index contributed by atoms with van der Waals surface area (Å²) in [5, 5.41) is 5.26. The fourth-order valence-electron chi connectivity index (χ4n) is 1.26. The fraction of sp³-hybridized carbons (Fsp3) is 0.778. The second kappa shape index (κ2) is 5.67. The number of nitrogens with one attached hydrogen (secondary N) is 2. The van der Waals surface area contributed by atoms with Gasteiger partial charge in [-0.25, -0.2) is 4.79 Å². The van der Waals surface area contributed by atoms with Crippen LogP contribution in [0.5, 0.6) is 0 Å². The van der Waals surface area contributed by atoms with Crippen LogP contribution in [0.1, 0.15) is 6.92 Å². The Morgan fingerprint density at radius 1 is 1.53 bits per heavy atom. The standard InChI is InChI=1S/C9H17N3O3/c1-3-15-9(14)11-8(13)6-12(2)7-4-10-5-7/h7,10H,3-6H2,1-2H3,(H,11,13,14). The Morgan fingerprint density at radius 3 is 2.67 bits per heavy atom. The van der Waals surface area contributed by atoms with Crippen LogP contribution in [0.2, 0.25) is 0 Å². The zero-order valence-electron chi connectivity index (χ0n) is 9.08. The Kier molecular flexibility index (Phi) is 4.51. The molecule has 2 N–H and O–H groups in total. The molecule has 6 nitrogen and oxygen atoms in total. The molecule has 0 unspecified atom stereocenters. The number of hydrogen-bond acceptors (Lipinski definition) is 5. The molecule has 15 heavy (non-hydrogen) atoms. The number of carbonyl (C=O) groups is 2. The van der Waals surface area contributed by atoms with Gasteiger partial charge in [-0.2, -0.15) is 0 Å². The van der Waals surface area contributed by atoms with E-state index in [4.69, 9.17) is 0 Å². The molecule has 2 amide bonds. The van der Waals surface area contributed by atoms with Crippen LogP contribution in [0.15, 0.2) is 0 Å². The molecule has 0 aromatic heterocycles. The minimum absolute atomic E-state index is 0.213. The smallest absolute Gasteiger partial charge is 0.413 e. The van der Waals surface area contributed by atoms with Crippen LogP contribution in [0.3, 0.4) is 0 Å². The molecule has 0 saturated carbocycles. The Labute approximate surface area is 88.9 Å². The summed E-state index contributed by atoms with van der Waals surface area (Å²) in [5.74, 6) is -0.331. The number of hydrogen-bond donors (Lipinski definition) is 2. The quantitative estimate of drug-likeness (QED) is 0.640. The van der Waals surface area contributed by atoms with Gasteiger partial charge < -0.3 is 10.1 Å². The lowest BCUT2D eigenvalue weighted by Gasteiger charge is -2.34. The summed E-state index contributed by atoms with van der Waals surface area (Å²) in [6.07, 6.45) is -0.678. The van der Waals surface area contributed by atoms with E-state index in [2.05, 4.69) is 15.4 Å². The summed E-state index contributed by atoms with van der Waals surface area (Å²) in [7, 11) is 1.86. The second-order valence-corrected chi connectivity index (χ2v) is 3.50. The maximum absolute atomic E-state index is 11.3. The number of amides is 2. The number of rotatable bonds is 4. The largest absolute Gasteiger partial charge is 0.450 e. The molecule has 1 rings (SSSR count). The maximum Gasteiger partial charge on any atom is 0.413 e. The summed E-state index contributed by atoms with van der Waals surface area (Å²) in [4.78, 5) is 24.1. The van der Waals surface area contributed by atoms with Crippen LogP contribution in [-0.4, -0.2) is 56.2 Å². The second-order valence-electron chi connectivity index (χ2n) is 3.50. The molecule has 0 aromatic rings. The molecule has 0 aromatic carbocycles. The average molecular weight is 215 g/mol. The minimum atomic E-state index is -0.678. The monoisotopic (exact) mass is 215 g/mol. The van der Waals surface area contributed by atoms with Crippen LogP contribution < -0.4 is 10.6 Å². The predicted octanol–water partition coefficient (Wildman–Crippen LogP) is -0.837. The zero-order chi connectivity index (χ0) is 11.3. The first-order valence-corrected chi connectivity index (χ1v) is 5.01. The molecule has 0 bridgehead atoms. The summed E-state index contributed by atoms with van der Waals surface area (Å²) >= 11 is 0. The number of alkyl carbamates (subject to hydrolysis) is 1. The predicted molar refractivity (Wildman–Crippen MR) is 54.5 cm³/mol. The molecule has 0 spiro atoms.